The lowest BCUT2D eigenvalue weighted by molar-refractivity contribution is -0.415. The molecule has 0 saturated heterocycles. The Hall–Kier alpha value is -2.16. The van der Waals surface area contributed by atoms with Crippen LogP contribution in [0, 0.1) is 6.92 Å². The zero-order valence-corrected chi connectivity index (χ0v) is 9.86. The molecule has 0 unspecified atom stereocenters. The smallest absolute Gasteiger partial charge is 0.382 e. The number of aryl methyl sites for hydroxylation is 1. The molecule has 0 saturated carbocycles. The lowest BCUT2D eigenvalue weighted by atomic mass is 10.1. The molecule has 86 valence electrons. The van der Waals surface area contributed by atoms with Gasteiger partial charge in [-0.25, -0.2) is 4.79 Å². The van der Waals surface area contributed by atoms with Crippen LogP contribution in [0.3, 0.4) is 0 Å². The summed E-state index contributed by atoms with van der Waals surface area (Å²) in [6, 6.07) is 13.4. The fraction of sp³-hybridized carbons (Fsp3) is 0.143. The normalized spacial score (nSPS) is 11.5. The largest absolute Gasteiger partial charge is 0.461 e. The maximum atomic E-state index is 11.0. The van der Waals surface area contributed by atoms with Crippen LogP contribution in [0.15, 0.2) is 46.9 Å². The summed E-state index contributed by atoms with van der Waals surface area (Å²) in [7, 11) is 0. The van der Waals surface area contributed by atoms with Crippen LogP contribution in [0.2, 0.25) is 0 Å². The molecule has 0 atom stereocenters. The van der Waals surface area contributed by atoms with Crippen LogP contribution in [-0.2, 0) is 4.79 Å². The number of hydrogen-bond donors (Lipinski definition) is 1. The predicted molar refractivity (Wildman–Crippen MR) is 63.7 cm³/mol. The quantitative estimate of drug-likeness (QED) is 0.784. The monoisotopic (exact) mass is 228 g/mol. The van der Waals surface area contributed by atoms with Crippen LogP contribution in [0.4, 0.5) is 0 Å². The van der Waals surface area contributed by atoms with Crippen molar-refractivity contribution < 1.29 is 14.2 Å². The van der Waals surface area contributed by atoms with Gasteiger partial charge in [-0.1, -0.05) is 30.3 Å². The number of hydrogen-bond acceptors (Lipinski definition) is 2. The van der Waals surface area contributed by atoms with Crippen molar-refractivity contribution in [1.82, 2.24) is 0 Å². The number of nitrogens with one attached hydrogen (secondary N) is 1. The van der Waals surface area contributed by atoms with Crippen LogP contribution in [0.1, 0.15) is 12.7 Å². The molecule has 0 fully saturated rings. The Balaban J connectivity index is 2.57. The van der Waals surface area contributed by atoms with E-state index >= 15 is 0 Å². The van der Waals surface area contributed by atoms with Gasteiger partial charge in [0.2, 0.25) is 5.36 Å². The molecule has 1 N–H and O–H groups in total. The molecule has 1 aromatic carbocycles. The first-order valence-electron chi connectivity index (χ1n) is 5.43. The Morgan fingerprint density at radius 3 is 2.53 bits per heavy atom. The van der Waals surface area contributed by atoms with Gasteiger partial charge >= 0.3 is 5.91 Å². The van der Waals surface area contributed by atoms with Crippen LogP contribution in [-0.4, -0.2) is 5.91 Å². The van der Waals surface area contributed by atoms with E-state index in [1.54, 1.807) is 6.07 Å². The van der Waals surface area contributed by atoms with Gasteiger partial charge in [0.25, 0.3) is 0 Å². The Morgan fingerprint density at radius 2 is 1.88 bits per heavy atom. The van der Waals surface area contributed by atoms with E-state index in [0.717, 1.165) is 22.4 Å². The van der Waals surface area contributed by atoms with E-state index in [0.29, 0.717) is 0 Å². The Morgan fingerprint density at radius 1 is 1.18 bits per heavy atom. The SMILES string of the molecule is CC(=O)[NH+]=c1cc(C)oc(-c2ccccc2)c1. The van der Waals surface area contributed by atoms with Crippen molar-refractivity contribution in [3.8, 4) is 11.3 Å². The van der Waals surface area contributed by atoms with Gasteiger partial charge in [-0.2, -0.15) is 4.99 Å². The molecule has 0 aliphatic rings. The molecule has 0 aliphatic carbocycles. The third-order valence-corrected chi connectivity index (χ3v) is 2.29. The predicted octanol–water partition coefficient (Wildman–Crippen LogP) is 0.783. The molecule has 1 aromatic heterocycles. The van der Waals surface area contributed by atoms with E-state index < -0.39 is 0 Å². The number of carbonyl (C=O) groups excluding carboxylic acids is 1. The maximum absolute atomic E-state index is 11.0. The summed E-state index contributed by atoms with van der Waals surface area (Å²) < 4.78 is 5.63. The first-order valence-corrected chi connectivity index (χ1v) is 5.43. The van der Waals surface area contributed by atoms with Crippen LogP contribution in [0.5, 0.6) is 0 Å². The molecule has 17 heavy (non-hydrogen) atoms. The summed E-state index contributed by atoms with van der Waals surface area (Å²) in [5.74, 6) is 1.42. The molecule has 0 aliphatic heterocycles. The van der Waals surface area contributed by atoms with Crippen molar-refractivity contribution in [3.63, 3.8) is 0 Å². The Labute approximate surface area is 99.4 Å². The summed E-state index contributed by atoms with van der Waals surface area (Å²) in [5.41, 5.74) is 0.989. The minimum atomic E-state index is -0.0883. The van der Waals surface area contributed by atoms with E-state index in [9.17, 15) is 4.79 Å². The molecule has 1 heterocycles. The fourth-order valence-corrected chi connectivity index (χ4v) is 1.65. The number of rotatable bonds is 1. The molecule has 2 rings (SSSR count). The summed E-state index contributed by atoms with van der Waals surface area (Å²) in [4.78, 5) is 13.8. The number of amides is 1. The minimum Gasteiger partial charge on any atom is -0.461 e. The summed E-state index contributed by atoms with van der Waals surface area (Å²) in [5, 5.41) is 0.750. The third kappa shape index (κ3) is 2.91. The second kappa shape index (κ2) is 4.78. The third-order valence-electron chi connectivity index (χ3n) is 2.29. The average molecular weight is 228 g/mol. The molecule has 1 amide bonds. The number of carbonyl (C=O) groups is 1. The fourth-order valence-electron chi connectivity index (χ4n) is 1.65. The van der Waals surface area contributed by atoms with E-state index in [4.69, 9.17) is 4.42 Å². The van der Waals surface area contributed by atoms with E-state index in [2.05, 4.69) is 4.99 Å². The number of benzene rings is 1. The van der Waals surface area contributed by atoms with Gasteiger partial charge < -0.3 is 4.42 Å². The van der Waals surface area contributed by atoms with E-state index in [-0.39, 0.29) is 5.91 Å². The topological polar surface area (TPSA) is 44.2 Å². The Bertz CT molecular complexity index is 597. The molecule has 2 aromatic rings. The first-order chi connectivity index (χ1) is 8.15. The van der Waals surface area contributed by atoms with Crippen LogP contribution in [0.25, 0.3) is 11.3 Å². The highest BCUT2D eigenvalue weighted by Crippen LogP contribution is 2.17. The lowest BCUT2D eigenvalue weighted by Crippen LogP contribution is -2.79. The second-order valence-electron chi connectivity index (χ2n) is 3.87. The lowest BCUT2D eigenvalue weighted by Gasteiger charge is -2.00. The molecule has 0 spiro atoms. The summed E-state index contributed by atoms with van der Waals surface area (Å²) >= 11 is 0. The van der Waals surface area contributed by atoms with Gasteiger partial charge in [0.15, 0.2) is 0 Å². The van der Waals surface area contributed by atoms with Crippen molar-refractivity contribution in [1.29, 1.82) is 0 Å². The maximum Gasteiger partial charge on any atom is 0.382 e. The van der Waals surface area contributed by atoms with Gasteiger partial charge in [0.1, 0.15) is 11.5 Å². The summed E-state index contributed by atoms with van der Waals surface area (Å²) in [6.07, 6.45) is 0. The van der Waals surface area contributed by atoms with Gasteiger partial charge in [-0.15, -0.1) is 0 Å². The molecule has 3 nitrogen and oxygen atoms in total. The van der Waals surface area contributed by atoms with Gasteiger partial charge in [0, 0.05) is 11.6 Å². The van der Waals surface area contributed by atoms with Crippen molar-refractivity contribution in [2.24, 2.45) is 0 Å². The highest BCUT2D eigenvalue weighted by molar-refractivity contribution is 5.61. The van der Waals surface area contributed by atoms with Crippen LogP contribution < -0.4 is 10.3 Å². The molecular formula is C14H14NO2+. The molecular weight excluding hydrogens is 214 g/mol. The van der Waals surface area contributed by atoms with Crippen LogP contribution >= 0.6 is 0 Å². The van der Waals surface area contributed by atoms with Gasteiger partial charge in [-0.05, 0) is 6.92 Å². The van der Waals surface area contributed by atoms with Crippen molar-refractivity contribution in [2.75, 3.05) is 0 Å². The van der Waals surface area contributed by atoms with E-state index in [1.807, 2.05) is 43.3 Å². The highest BCUT2D eigenvalue weighted by Gasteiger charge is 2.04. The zero-order valence-electron chi connectivity index (χ0n) is 9.86. The minimum absolute atomic E-state index is 0.0883. The highest BCUT2D eigenvalue weighted by atomic mass is 16.3. The van der Waals surface area contributed by atoms with Crippen molar-refractivity contribution in [3.05, 3.63) is 53.6 Å². The van der Waals surface area contributed by atoms with Gasteiger partial charge in [0.05, 0.1) is 13.0 Å². The van der Waals surface area contributed by atoms with Crippen molar-refractivity contribution >= 4 is 5.91 Å². The Kier molecular flexibility index (Phi) is 3.19. The van der Waals surface area contributed by atoms with Gasteiger partial charge in [-0.3, -0.25) is 0 Å². The average Bonchev–Trinajstić information content (AvgIpc) is 2.28. The molecule has 0 radical (unpaired) electrons. The summed E-state index contributed by atoms with van der Waals surface area (Å²) in [6.45, 7) is 3.35. The second-order valence-corrected chi connectivity index (χ2v) is 3.87. The molecule has 3 heteroatoms. The standard InChI is InChI=1S/C14H13NO2/c1-10-8-13(15-11(2)16)9-14(17-10)12-6-4-3-5-7-12/h3-9H,1-2H3/p+1. The van der Waals surface area contributed by atoms with E-state index in [1.165, 1.54) is 6.92 Å². The van der Waals surface area contributed by atoms with Crippen molar-refractivity contribution in [2.45, 2.75) is 13.8 Å². The molecule has 0 bridgehead atoms. The zero-order chi connectivity index (χ0) is 12.3. The first kappa shape index (κ1) is 11.3.